The lowest BCUT2D eigenvalue weighted by atomic mass is 9.94. The number of fused-ring (bicyclic) bond motifs is 1. The second-order valence-electron chi connectivity index (χ2n) is 3.90. The lowest BCUT2D eigenvalue weighted by Gasteiger charge is -2.24. The first-order valence-electron chi connectivity index (χ1n) is 5.20. The van der Waals surface area contributed by atoms with E-state index in [9.17, 15) is 10.1 Å². The van der Waals surface area contributed by atoms with Crippen molar-refractivity contribution < 1.29 is 4.92 Å². The average molecular weight is 243 g/mol. The molecule has 5 heteroatoms. The molecule has 1 aliphatic heterocycles. The second-order valence-corrected chi connectivity index (χ2v) is 3.90. The minimum atomic E-state index is -0.341. The highest BCUT2D eigenvalue weighted by Crippen LogP contribution is 2.22. The van der Waals surface area contributed by atoms with Crippen LogP contribution >= 0.6 is 12.4 Å². The monoisotopic (exact) mass is 242 g/mol. The Balaban J connectivity index is 0.00000128. The first-order chi connectivity index (χ1) is 7.20. The zero-order valence-electron chi connectivity index (χ0n) is 9.10. The molecule has 1 atom stereocenters. The van der Waals surface area contributed by atoms with Crippen molar-refractivity contribution in [3.8, 4) is 0 Å². The fourth-order valence-corrected chi connectivity index (χ4v) is 1.97. The maximum absolute atomic E-state index is 10.6. The Morgan fingerprint density at radius 3 is 2.88 bits per heavy atom. The van der Waals surface area contributed by atoms with Crippen molar-refractivity contribution >= 4 is 18.1 Å². The molecule has 1 aromatic rings. The minimum Gasteiger partial charge on any atom is -0.310 e. The molecule has 1 heterocycles. The zero-order chi connectivity index (χ0) is 10.8. The van der Waals surface area contributed by atoms with Crippen LogP contribution in [0, 0.1) is 10.1 Å². The van der Waals surface area contributed by atoms with Crippen molar-refractivity contribution in [3.63, 3.8) is 0 Å². The first kappa shape index (κ1) is 12.9. The molecule has 0 saturated carbocycles. The van der Waals surface area contributed by atoms with Gasteiger partial charge in [0.25, 0.3) is 5.69 Å². The molecule has 0 bridgehead atoms. The molecular weight excluding hydrogens is 228 g/mol. The van der Waals surface area contributed by atoms with Crippen LogP contribution in [-0.4, -0.2) is 11.0 Å². The van der Waals surface area contributed by atoms with Crippen LogP contribution in [0.25, 0.3) is 0 Å². The van der Waals surface area contributed by atoms with E-state index < -0.39 is 0 Å². The predicted molar refractivity (Wildman–Crippen MR) is 65.0 cm³/mol. The summed E-state index contributed by atoms with van der Waals surface area (Å²) >= 11 is 0. The molecule has 2 rings (SSSR count). The van der Waals surface area contributed by atoms with Gasteiger partial charge in [-0.2, -0.15) is 0 Å². The highest BCUT2D eigenvalue weighted by atomic mass is 35.5. The number of halogens is 1. The number of nitrogens with zero attached hydrogens (tertiary/aromatic N) is 1. The van der Waals surface area contributed by atoms with Crippen molar-refractivity contribution in [2.75, 3.05) is 0 Å². The van der Waals surface area contributed by atoms with Crippen LogP contribution in [0.5, 0.6) is 0 Å². The maximum atomic E-state index is 10.6. The summed E-state index contributed by atoms with van der Waals surface area (Å²) in [7, 11) is 0. The van der Waals surface area contributed by atoms with Gasteiger partial charge in [-0.3, -0.25) is 10.1 Å². The topological polar surface area (TPSA) is 55.2 Å². The highest BCUT2D eigenvalue weighted by molar-refractivity contribution is 5.85. The summed E-state index contributed by atoms with van der Waals surface area (Å²) in [6.07, 6.45) is 2.07. The Morgan fingerprint density at radius 2 is 2.25 bits per heavy atom. The van der Waals surface area contributed by atoms with Crippen LogP contribution in [0.2, 0.25) is 0 Å². The van der Waals surface area contributed by atoms with Crippen LogP contribution in [0.15, 0.2) is 18.2 Å². The molecular formula is C11H15ClN2O2. The van der Waals surface area contributed by atoms with E-state index >= 15 is 0 Å². The Kier molecular flexibility index (Phi) is 4.26. The SMILES string of the molecule is CCC1Cc2ccc([N+](=O)[O-])cc2CN1.Cl. The molecule has 0 radical (unpaired) electrons. The van der Waals surface area contributed by atoms with Crippen molar-refractivity contribution in [2.24, 2.45) is 0 Å². The summed E-state index contributed by atoms with van der Waals surface area (Å²) in [4.78, 5) is 10.3. The van der Waals surface area contributed by atoms with Crippen molar-refractivity contribution in [3.05, 3.63) is 39.4 Å². The van der Waals surface area contributed by atoms with Gasteiger partial charge in [-0.25, -0.2) is 0 Å². The van der Waals surface area contributed by atoms with Gasteiger partial charge in [-0.1, -0.05) is 13.0 Å². The third-order valence-corrected chi connectivity index (χ3v) is 2.94. The van der Waals surface area contributed by atoms with E-state index in [1.807, 2.05) is 6.07 Å². The van der Waals surface area contributed by atoms with Crippen molar-refractivity contribution in [2.45, 2.75) is 32.4 Å². The molecule has 1 aromatic carbocycles. The molecule has 1 N–H and O–H groups in total. The molecule has 0 spiro atoms. The van der Waals surface area contributed by atoms with E-state index in [2.05, 4.69) is 12.2 Å². The number of hydrogen-bond donors (Lipinski definition) is 1. The average Bonchev–Trinajstić information content (AvgIpc) is 2.27. The standard InChI is InChI=1S/C11H14N2O2.ClH/c1-2-10-5-8-3-4-11(13(14)15)6-9(8)7-12-10;/h3-4,6,10,12H,2,5,7H2,1H3;1H. The molecule has 16 heavy (non-hydrogen) atoms. The van der Waals surface area contributed by atoms with Gasteiger partial charge in [-0.15, -0.1) is 12.4 Å². The molecule has 0 fully saturated rings. The summed E-state index contributed by atoms with van der Waals surface area (Å²) in [5, 5.41) is 14.0. The van der Waals surface area contributed by atoms with E-state index in [4.69, 9.17) is 0 Å². The van der Waals surface area contributed by atoms with Crippen LogP contribution in [0.1, 0.15) is 24.5 Å². The second kappa shape index (κ2) is 5.27. The van der Waals surface area contributed by atoms with Gasteiger partial charge in [0.1, 0.15) is 0 Å². The molecule has 1 aliphatic rings. The molecule has 0 aliphatic carbocycles. The highest BCUT2D eigenvalue weighted by Gasteiger charge is 2.18. The lowest BCUT2D eigenvalue weighted by Crippen LogP contribution is -2.34. The Morgan fingerprint density at radius 1 is 1.50 bits per heavy atom. The summed E-state index contributed by atoms with van der Waals surface area (Å²) in [6, 6.07) is 5.67. The lowest BCUT2D eigenvalue weighted by molar-refractivity contribution is -0.384. The Bertz CT molecular complexity index is 396. The van der Waals surface area contributed by atoms with Crippen molar-refractivity contribution in [1.29, 1.82) is 0 Å². The van der Waals surface area contributed by atoms with Gasteiger partial charge in [0, 0.05) is 24.7 Å². The molecule has 0 amide bonds. The largest absolute Gasteiger partial charge is 0.310 e. The number of benzene rings is 1. The smallest absolute Gasteiger partial charge is 0.269 e. The summed E-state index contributed by atoms with van der Waals surface area (Å²) < 4.78 is 0. The molecule has 0 aromatic heterocycles. The van der Waals surface area contributed by atoms with E-state index in [0.29, 0.717) is 6.04 Å². The molecule has 88 valence electrons. The third-order valence-electron chi connectivity index (χ3n) is 2.94. The summed E-state index contributed by atoms with van der Waals surface area (Å²) in [5.41, 5.74) is 2.49. The van der Waals surface area contributed by atoms with Crippen LogP contribution in [-0.2, 0) is 13.0 Å². The third kappa shape index (κ3) is 2.51. The van der Waals surface area contributed by atoms with Crippen LogP contribution < -0.4 is 5.32 Å². The maximum Gasteiger partial charge on any atom is 0.269 e. The van der Waals surface area contributed by atoms with Crippen LogP contribution in [0.3, 0.4) is 0 Å². The molecule has 0 saturated heterocycles. The fraction of sp³-hybridized carbons (Fsp3) is 0.455. The zero-order valence-corrected chi connectivity index (χ0v) is 9.92. The fourth-order valence-electron chi connectivity index (χ4n) is 1.97. The Hall–Kier alpha value is -1.13. The summed E-state index contributed by atoms with van der Waals surface area (Å²) in [6.45, 7) is 2.89. The number of nitro benzene ring substituents is 1. The Labute approximate surface area is 101 Å². The minimum absolute atomic E-state index is 0. The van der Waals surface area contributed by atoms with Gasteiger partial charge >= 0.3 is 0 Å². The van der Waals surface area contributed by atoms with E-state index in [0.717, 1.165) is 24.9 Å². The van der Waals surface area contributed by atoms with Gasteiger partial charge in [0.15, 0.2) is 0 Å². The van der Waals surface area contributed by atoms with Gasteiger partial charge in [-0.05, 0) is 24.0 Å². The van der Waals surface area contributed by atoms with E-state index in [1.165, 1.54) is 5.56 Å². The summed E-state index contributed by atoms with van der Waals surface area (Å²) in [5.74, 6) is 0. The van der Waals surface area contributed by atoms with Crippen LogP contribution in [0.4, 0.5) is 5.69 Å². The van der Waals surface area contributed by atoms with Gasteiger partial charge < -0.3 is 5.32 Å². The van der Waals surface area contributed by atoms with E-state index in [1.54, 1.807) is 12.1 Å². The first-order valence-corrected chi connectivity index (χ1v) is 5.20. The number of non-ortho nitro benzene ring substituents is 1. The normalized spacial score (nSPS) is 18.4. The van der Waals surface area contributed by atoms with E-state index in [-0.39, 0.29) is 23.0 Å². The molecule has 4 nitrogen and oxygen atoms in total. The number of nitro groups is 1. The predicted octanol–water partition coefficient (Wildman–Crippen LogP) is 2.44. The van der Waals surface area contributed by atoms with Gasteiger partial charge in [0.05, 0.1) is 4.92 Å². The van der Waals surface area contributed by atoms with Gasteiger partial charge in [0.2, 0.25) is 0 Å². The van der Waals surface area contributed by atoms with Crippen molar-refractivity contribution in [1.82, 2.24) is 5.32 Å². The number of rotatable bonds is 2. The quantitative estimate of drug-likeness (QED) is 0.640. The number of nitrogens with one attached hydrogen (secondary N) is 1. The number of hydrogen-bond acceptors (Lipinski definition) is 3. The molecule has 1 unspecified atom stereocenters.